The topological polar surface area (TPSA) is 125 Å². The van der Waals surface area contributed by atoms with Gasteiger partial charge in [-0.05, 0) is 45.0 Å². The highest BCUT2D eigenvalue weighted by molar-refractivity contribution is 6.34. The number of phenols is 1. The minimum atomic E-state index is -0.804. The van der Waals surface area contributed by atoms with Crippen LogP contribution in [0.25, 0.3) is 28.0 Å². The van der Waals surface area contributed by atoms with Crippen LogP contribution in [0.1, 0.15) is 18.3 Å². The largest absolute Gasteiger partial charge is 0.507 e. The molecular weight excluding hydrogens is 577 g/mol. The fourth-order valence-electron chi connectivity index (χ4n) is 6.16. The van der Waals surface area contributed by atoms with E-state index >= 15 is 4.39 Å². The molecule has 2 aliphatic rings. The van der Waals surface area contributed by atoms with E-state index in [2.05, 4.69) is 16.5 Å². The predicted molar refractivity (Wildman–Crippen MR) is 160 cm³/mol. The molecule has 1 N–H and O–H groups in total. The average molecular weight is 604 g/mol. The molecule has 1 saturated heterocycles. The van der Waals surface area contributed by atoms with E-state index in [1.165, 1.54) is 47.1 Å². The molecule has 0 saturated carbocycles. The van der Waals surface area contributed by atoms with Gasteiger partial charge in [0.25, 0.3) is 11.5 Å². The van der Waals surface area contributed by atoms with Crippen LogP contribution in [0.3, 0.4) is 0 Å². The molecule has 2 aliphatic heterocycles. The van der Waals surface area contributed by atoms with Crippen molar-refractivity contribution in [2.75, 3.05) is 29.9 Å². The molecule has 0 unspecified atom stereocenters. The van der Waals surface area contributed by atoms with Crippen LogP contribution in [0.15, 0.2) is 48.0 Å². The van der Waals surface area contributed by atoms with Crippen molar-refractivity contribution in [3.8, 4) is 22.7 Å². The minimum Gasteiger partial charge on any atom is -0.507 e. The molecule has 11 nitrogen and oxygen atoms in total. The first kappa shape index (κ1) is 28.3. The molecule has 1 aromatic carbocycles. The van der Waals surface area contributed by atoms with E-state index in [-0.39, 0.29) is 58.3 Å². The van der Waals surface area contributed by atoms with Crippen molar-refractivity contribution >= 4 is 45.8 Å². The number of aromatic nitrogens is 4. The van der Waals surface area contributed by atoms with Crippen molar-refractivity contribution in [3.63, 3.8) is 0 Å². The number of piperazine rings is 1. The highest BCUT2D eigenvalue weighted by Gasteiger charge is 2.46. The number of likely N-dealkylation sites (N-methyl/N-ethyl adjacent to an activating group) is 1. The molecule has 43 heavy (non-hydrogen) atoms. The van der Waals surface area contributed by atoms with Crippen molar-refractivity contribution in [2.24, 2.45) is 0 Å². The number of amides is 2. The van der Waals surface area contributed by atoms with Crippen molar-refractivity contribution < 1.29 is 19.1 Å². The lowest BCUT2D eigenvalue weighted by atomic mass is 9.97. The quantitative estimate of drug-likeness (QED) is 0.353. The van der Waals surface area contributed by atoms with Crippen molar-refractivity contribution in [1.29, 1.82) is 0 Å². The Hall–Kier alpha value is -4.84. The summed E-state index contributed by atoms with van der Waals surface area (Å²) >= 11 is 6.77. The summed E-state index contributed by atoms with van der Waals surface area (Å²) in [5.41, 5.74) is 1.01. The Morgan fingerprint density at radius 2 is 1.84 bits per heavy atom. The maximum atomic E-state index is 15.1. The lowest BCUT2D eigenvalue weighted by Gasteiger charge is -2.50. The van der Waals surface area contributed by atoms with Crippen LogP contribution in [0.2, 0.25) is 5.02 Å². The highest BCUT2D eigenvalue weighted by atomic mass is 35.5. The van der Waals surface area contributed by atoms with Crippen molar-refractivity contribution in [2.45, 2.75) is 32.9 Å². The van der Waals surface area contributed by atoms with Gasteiger partial charge in [0.1, 0.15) is 29.6 Å². The standard InChI is InChI=1S/C30H27ClFN7O4/c1-6-22(41)37-11-14(2)38-20(12-37)29(42)36(5)27-26(38)17-10-18(31)24(23-19(32)8-7-9-21(23)40)35-28(17)39(30(27)43)25-15(3)33-13-34-16(25)4/h6-10,13-14,20,40H,1,11-12H2,2-5H3/t14-,20+/m0/s1. The van der Waals surface area contributed by atoms with Gasteiger partial charge in [0.05, 0.1) is 45.6 Å². The number of hydrogen-bond acceptors (Lipinski definition) is 8. The third-order valence-corrected chi connectivity index (χ3v) is 8.37. The Labute approximate surface area is 250 Å². The number of aromatic hydroxyl groups is 1. The van der Waals surface area contributed by atoms with Crippen molar-refractivity contribution in [1.82, 2.24) is 24.4 Å². The first-order chi connectivity index (χ1) is 20.5. The summed E-state index contributed by atoms with van der Waals surface area (Å²) < 4.78 is 16.4. The number of halogens is 2. The molecule has 220 valence electrons. The summed E-state index contributed by atoms with van der Waals surface area (Å²) in [4.78, 5) is 58.9. The molecule has 0 aliphatic carbocycles. The number of fused-ring (bicyclic) bond motifs is 5. The molecule has 0 spiro atoms. The molecule has 2 amide bonds. The van der Waals surface area contributed by atoms with Gasteiger partial charge in [-0.1, -0.05) is 24.2 Å². The van der Waals surface area contributed by atoms with E-state index in [1.807, 2.05) is 11.8 Å². The number of aryl methyl sites for hydroxylation is 2. The van der Waals surface area contributed by atoms with Crippen LogP contribution in [-0.2, 0) is 9.59 Å². The van der Waals surface area contributed by atoms with Gasteiger partial charge in [-0.3, -0.25) is 19.0 Å². The summed E-state index contributed by atoms with van der Waals surface area (Å²) in [6.45, 7) is 9.21. The van der Waals surface area contributed by atoms with Gasteiger partial charge in [-0.15, -0.1) is 0 Å². The van der Waals surface area contributed by atoms with Gasteiger partial charge >= 0.3 is 0 Å². The van der Waals surface area contributed by atoms with Gasteiger partial charge in [0.2, 0.25) is 5.91 Å². The molecular formula is C30H27ClFN7O4. The number of phenolic OH excluding ortho intramolecular Hbond substituents is 1. The van der Waals surface area contributed by atoms with E-state index in [4.69, 9.17) is 16.6 Å². The SMILES string of the molecule is C=CC(=O)N1C[C@@H]2C(=O)N(C)c3c(c4cc(Cl)c(-c5c(O)cccc5F)nc4n(-c4c(C)ncnc4C)c3=O)N2[C@@H](C)C1. The van der Waals surface area contributed by atoms with E-state index in [1.54, 1.807) is 24.8 Å². The minimum absolute atomic E-state index is 0.0160. The average Bonchev–Trinajstić information content (AvgIpc) is 2.96. The van der Waals surface area contributed by atoms with Gasteiger partial charge in [-0.2, -0.15) is 0 Å². The van der Waals surface area contributed by atoms with Crippen LogP contribution in [0, 0.1) is 19.7 Å². The van der Waals surface area contributed by atoms with E-state index in [0.717, 1.165) is 0 Å². The van der Waals surface area contributed by atoms with Crippen LogP contribution in [0.5, 0.6) is 5.75 Å². The number of rotatable bonds is 3. The molecule has 3 aromatic heterocycles. The summed E-state index contributed by atoms with van der Waals surface area (Å²) in [7, 11) is 1.51. The Bertz CT molecular complexity index is 1900. The fraction of sp³-hybridized carbons (Fsp3) is 0.267. The maximum absolute atomic E-state index is 15.1. The van der Waals surface area contributed by atoms with Gasteiger partial charge in [-0.25, -0.2) is 19.3 Å². The summed E-state index contributed by atoms with van der Waals surface area (Å²) in [5.74, 6) is -1.80. The number of anilines is 2. The Balaban J connectivity index is 1.75. The fourth-order valence-corrected chi connectivity index (χ4v) is 6.41. The first-order valence-electron chi connectivity index (χ1n) is 13.5. The Kier molecular flexibility index (Phi) is 6.68. The highest BCUT2D eigenvalue weighted by Crippen LogP contribution is 2.45. The molecule has 2 atom stereocenters. The molecule has 4 aromatic rings. The number of pyridine rings is 2. The van der Waals surface area contributed by atoms with Crippen LogP contribution < -0.4 is 15.4 Å². The van der Waals surface area contributed by atoms with E-state index < -0.39 is 23.5 Å². The van der Waals surface area contributed by atoms with E-state index in [0.29, 0.717) is 28.1 Å². The normalized spacial score (nSPS) is 18.1. The number of carbonyl (C=O) groups excluding carboxylic acids is 2. The second kappa shape index (κ2) is 10.2. The van der Waals surface area contributed by atoms with E-state index in [9.17, 15) is 19.5 Å². The van der Waals surface area contributed by atoms with Gasteiger partial charge < -0.3 is 19.8 Å². The number of hydrogen-bond donors (Lipinski definition) is 1. The second-order valence-electron chi connectivity index (χ2n) is 10.7. The number of nitrogens with zero attached hydrogens (tertiary/aromatic N) is 7. The zero-order valence-electron chi connectivity index (χ0n) is 23.8. The van der Waals surface area contributed by atoms with Crippen LogP contribution in [-0.4, -0.2) is 73.6 Å². The summed E-state index contributed by atoms with van der Waals surface area (Å²) in [5, 5.41) is 11.0. The number of carbonyl (C=O) groups is 2. The summed E-state index contributed by atoms with van der Waals surface area (Å²) in [6, 6.07) is 4.21. The van der Waals surface area contributed by atoms with Crippen LogP contribution in [0.4, 0.5) is 15.8 Å². The maximum Gasteiger partial charge on any atom is 0.283 e. The monoisotopic (exact) mass is 603 g/mol. The zero-order valence-corrected chi connectivity index (χ0v) is 24.6. The number of benzene rings is 1. The van der Waals surface area contributed by atoms with Gasteiger partial charge in [0.15, 0.2) is 5.65 Å². The molecule has 0 radical (unpaired) electrons. The predicted octanol–water partition coefficient (Wildman–Crippen LogP) is 3.53. The molecule has 6 rings (SSSR count). The lowest BCUT2D eigenvalue weighted by Crippen LogP contribution is -2.66. The Morgan fingerprint density at radius 1 is 1.14 bits per heavy atom. The zero-order chi connectivity index (χ0) is 30.9. The molecule has 5 heterocycles. The lowest BCUT2D eigenvalue weighted by molar-refractivity contribution is -0.129. The first-order valence-corrected chi connectivity index (χ1v) is 13.9. The third-order valence-electron chi connectivity index (χ3n) is 8.08. The van der Waals surface area contributed by atoms with Crippen LogP contribution >= 0.6 is 11.6 Å². The molecule has 1 fully saturated rings. The third kappa shape index (κ3) is 4.15. The summed E-state index contributed by atoms with van der Waals surface area (Å²) in [6.07, 6.45) is 2.58. The smallest absolute Gasteiger partial charge is 0.283 e. The second-order valence-corrected chi connectivity index (χ2v) is 11.1. The van der Waals surface area contributed by atoms with Crippen molar-refractivity contribution in [3.05, 3.63) is 75.8 Å². The Morgan fingerprint density at radius 3 is 2.49 bits per heavy atom. The molecule has 0 bridgehead atoms. The van der Waals surface area contributed by atoms with Gasteiger partial charge in [0, 0.05) is 25.0 Å². The molecule has 13 heteroatoms.